The minimum Gasteiger partial charge on any atom is -0.490 e. The first-order chi connectivity index (χ1) is 20.2. The van der Waals surface area contributed by atoms with E-state index in [2.05, 4.69) is 61.3 Å². The van der Waals surface area contributed by atoms with Crippen molar-refractivity contribution in [2.45, 2.75) is 69.6 Å². The third kappa shape index (κ3) is 5.75. The molecule has 3 atom stereocenters. The van der Waals surface area contributed by atoms with Gasteiger partial charge in [0.25, 0.3) is 5.91 Å². The van der Waals surface area contributed by atoms with Crippen LogP contribution in [-0.4, -0.2) is 40.9 Å². The summed E-state index contributed by atoms with van der Waals surface area (Å²) in [5.41, 5.74) is 2.38. The van der Waals surface area contributed by atoms with Crippen LogP contribution in [0.5, 0.6) is 5.75 Å². The lowest BCUT2D eigenvalue weighted by Gasteiger charge is -2.39. The maximum absolute atomic E-state index is 13.6. The van der Waals surface area contributed by atoms with Gasteiger partial charge in [-0.2, -0.15) is 13.2 Å². The standard InChI is InChI=1S/C35H35F3N2O2/c1-23(32-12-5-8-25-7-3-4-11-33(25)32)39(2)22-24-13-15-26(16-14-24)34(41)40-28-17-18-29(40)21-31(20-28)42-30-10-6-9-27(19-30)35(36,37)38/h3-16,19,23,28-29,31H,17-18,20-22H2,1-2H3/t23-,28-,29-/m0/s1. The molecule has 218 valence electrons. The van der Waals surface area contributed by atoms with E-state index in [1.807, 2.05) is 29.2 Å². The molecule has 0 saturated carbocycles. The van der Waals surface area contributed by atoms with E-state index in [0.29, 0.717) is 18.4 Å². The Kier molecular flexibility index (Phi) is 7.71. The SMILES string of the molecule is C[C@@H](c1cccc2ccccc12)N(C)Cc1ccc(C(=O)N2[C@H]3CC[C@H]2CC(Oc2cccc(C(F)(F)F)c2)C3)cc1. The Bertz CT molecular complexity index is 1550. The van der Waals surface area contributed by atoms with Crippen molar-refractivity contribution in [3.05, 3.63) is 113 Å². The van der Waals surface area contributed by atoms with Gasteiger partial charge in [-0.1, -0.05) is 60.7 Å². The van der Waals surface area contributed by atoms with Crippen LogP contribution in [-0.2, 0) is 12.7 Å². The van der Waals surface area contributed by atoms with Crippen molar-refractivity contribution in [1.82, 2.24) is 9.80 Å². The lowest BCUT2D eigenvalue weighted by Crippen LogP contribution is -2.49. The van der Waals surface area contributed by atoms with Gasteiger partial charge < -0.3 is 9.64 Å². The molecule has 0 aromatic heterocycles. The number of carbonyl (C=O) groups excluding carboxylic acids is 1. The summed E-state index contributed by atoms with van der Waals surface area (Å²) in [6.45, 7) is 2.97. The number of fused-ring (bicyclic) bond motifs is 3. The maximum atomic E-state index is 13.6. The summed E-state index contributed by atoms with van der Waals surface area (Å²) in [5.74, 6) is 0.244. The summed E-state index contributed by atoms with van der Waals surface area (Å²) >= 11 is 0. The molecule has 0 aliphatic carbocycles. The van der Waals surface area contributed by atoms with Gasteiger partial charge in [-0.25, -0.2) is 0 Å². The molecule has 6 rings (SSSR count). The Hall–Kier alpha value is -3.84. The molecule has 2 saturated heterocycles. The number of alkyl halides is 3. The molecular formula is C35H35F3N2O2. The molecule has 4 aromatic rings. The second kappa shape index (κ2) is 11.4. The molecule has 4 nitrogen and oxygen atoms in total. The molecule has 0 unspecified atom stereocenters. The highest BCUT2D eigenvalue weighted by Gasteiger charge is 2.44. The molecule has 2 heterocycles. The van der Waals surface area contributed by atoms with E-state index in [1.54, 1.807) is 6.07 Å². The van der Waals surface area contributed by atoms with Crippen LogP contribution in [0.15, 0.2) is 91.0 Å². The van der Waals surface area contributed by atoms with Gasteiger partial charge in [0.2, 0.25) is 0 Å². The van der Waals surface area contributed by atoms with E-state index >= 15 is 0 Å². The van der Waals surface area contributed by atoms with Gasteiger partial charge in [-0.3, -0.25) is 9.69 Å². The lowest BCUT2D eigenvalue weighted by molar-refractivity contribution is -0.137. The molecule has 2 aliphatic heterocycles. The van der Waals surface area contributed by atoms with Crippen molar-refractivity contribution in [2.24, 2.45) is 0 Å². The number of ether oxygens (including phenoxy) is 1. The fraction of sp³-hybridized carbons (Fsp3) is 0.343. The topological polar surface area (TPSA) is 32.8 Å². The first-order valence-electron chi connectivity index (χ1n) is 14.6. The predicted molar refractivity (Wildman–Crippen MR) is 158 cm³/mol. The van der Waals surface area contributed by atoms with Gasteiger partial charge in [0, 0.05) is 43.1 Å². The summed E-state index contributed by atoms with van der Waals surface area (Å²) < 4.78 is 45.4. The van der Waals surface area contributed by atoms with Gasteiger partial charge in [0.15, 0.2) is 0 Å². The van der Waals surface area contributed by atoms with E-state index in [0.717, 1.165) is 37.1 Å². The number of rotatable bonds is 7. The van der Waals surface area contributed by atoms with Crippen LogP contribution in [0.25, 0.3) is 10.8 Å². The average molecular weight is 573 g/mol. The molecule has 2 bridgehead atoms. The summed E-state index contributed by atoms with van der Waals surface area (Å²) in [7, 11) is 2.12. The van der Waals surface area contributed by atoms with Gasteiger partial charge in [-0.05, 0) is 79.0 Å². The van der Waals surface area contributed by atoms with Crippen molar-refractivity contribution in [3.8, 4) is 5.75 Å². The van der Waals surface area contributed by atoms with Crippen LogP contribution >= 0.6 is 0 Å². The Labute approximate surface area is 244 Å². The maximum Gasteiger partial charge on any atom is 0.416 e. The van der Waals surface area contributed by atoms with Crippen molar-refractivity contribution in [3.63, 3.8) is 0 Å². The number of carbonyl (C=O) groups is 1. The summed E-state index contributed by atoms with van der Waals surface area (Å²) in [5, 5.41) is 2.50. The van der Waals surface area contributed by atoms with Gasteiger partial charge in [0.1, 0.15) is 11.9 Å². The Morgan fingerprint density at radius 3 is 2.31 bits per heavy atom. The van der Waals surface area contributed by atoms with Crippen LogP contribution in [0.2, 0.25) is 0 Å². The predicted octanol–water partition coefficient (Wildman–Crippen LogP) is 8.27. The van der Waals surface area contributed by atoms with Crippen molar-refractivity contribution < 1.29 is 22.7 Å². The summed E-state index contributed by atoms with van der Waals surface area (Å²) in [6.07, 6.45) is -1.62. The Morgan fingerprint density at radius 1 is 0.929 bits per heavy atom. The third-order valence-corrected chi connectivity index (χ3v) is 8.96. The number of benzene rings is 4. The van der Waals surface area contributed by atoms with Crippen LogP contribution < -0.4 is 4.74 Å². The first-order valence-corrected chi connectivity index (χ1v) is 14.6. The van der Waals surface area contributed by atoms with E-state index in [9.17, 15) is 18.0 Å². The number of piperidine rings is 1. The van der Waals surface area contributed by atoms with Crippen molar-refractivity contribution in [1.29, 1.82) is 0 Å². The zero-order chi connectivity index (χ0) is 29.4. The third-order valence-electron chi connectivity index (χ3n) is 8.96. The minimum atomic E-state index is -4.41. The van der Waals surface area contributed by atoms with Crippen LogP contribution in [0, 0.1) is 0 Å². The minimum absolute atomic E-state index is 0.0176. The molecule has 0 spiro atoms. The normalized spacial score (nSPS) is 21.1. The zero-order valence-electron chi connectivity index (χ0n) is 23.9. The fourth-order valence-corrected chi connectivity index (χ4v) is 6.67. The molecule has 0 radical (unpaired) electrons. The molecular weight excluding hydrogens is 537 g/mol. The Morgan fingerprint density at radius 2 is 1.60 bits per heavy atom. The van der Waals surface area contributed by atoms with E-state index < -0.39 is 11.7 Å². The first kappa shape index (κ1) is 28.3. The monoisotopic (exact) mass is 572 g/mol. The number of hydrogen-bond donors (Lipinski definition) is 0. The summed E-state index contributed by atoms with van der Waals surface area (Å²) in [6, 6.07) is 28.1. The second-order valence-electron chi connectivity index (χ2n) is 11.7. The highest BCUT2D eigenvalue weighted by atomic mass is 19.4. The Balaban J connectivity index is 1.08. The number of nitrogens with zero attached hydrogens (tertiary/aromatic N) is 2. The quantitative estimate of drug-likeness (QED) is 0.224. The fourth-order valence-electron chi connectivity index (χ4n) is 6.67. The highest BCUT2D eigenvalue weighted by molar-refractivity contribution is 5.95. The molecule has 1 amide bonds. The molecule has 2 fully saturated rings. The largest absolute Gasteiger partial charge is 0.490 e. The number of halogens is 3. The summed E-state index contributed by atoms with van der Waals surface area (Å²) in [4.78, 5) is 17.9. The smallest absolute Gasteiger partial charge is 0.416 e. The van der Waals surface area contributed by atoms with E-state index in [1.165, 1.54) is 22.4 Å². The number of amides is 1. The van der Waals surface area contributed by atoms with Gasteiger partial charge >= 0.3 is 6.18 Å². The average Bonchev–Trinajstić information content (AvgIpc) is 3.26. The molecule has 42 heavy (non-hydrogen) atoms. The molecule has 4 aromatic carbocycles. The van der Waals surface area contributed by atoms with E-state index in [-0.39, 0.29) is 35.9 Å². The van der Waals surface area contributed by atoms with Gasteiger partial charge in [0.05, 0.1) is 5.56 Å². The van der Waals surface area contributed by atoms with Gasteiger partial charge in [-0.15, -0.1) is 0 Å². The van der Waals surface area contributed by atoms with Crippen LogP contribution in [0.1, 0.15) is 65.7 Å². The molecule has 7 heteroatoms. The van der Waals surface area contributed by atoms with Crippen molar-refractivity contribution >= 4 is 16.7 Å². The molecule has 2 aliphatic rings. The van der Waals surface area contributed by atoms with Crippen LogP contribution in [0.3, 0.4) is 0 Å². The van der Waals surface area contributed by atoms with Crippen LogP contribution in [0.4, 0.5) is 13.2 Å². The lowest BCUT2D eigenvalue weighted by atomic mass is 9.97. The van der Waals surface area contributed by atoms with Crippen molar-refractivity contribution in [2.75, 3.05) is 7.05 Å². The molecule has 0 N–H and O–H groups in total. The highest BCUT2D eigenvalue weighted by Crippen LogP contribution is 2.39. The zero-order valence-corrected chi connectivity index (χ0v) is 23.9. The van der Waals surface area contributed by atoms with E-state index in [4.69, 9.17) is 4.74 Å². The second-order valence-corrected chi connectivity index (χ2v) is 11.7. The number of hydrogen-bond acceptors (Lipinski definition) is 3.